The number of rotatable bonds is 18. The maximum Gasteiger partial charge on any atom is 0.169 e. The van der Waals surface area contributed by atoms with E-state index < -0.39 is 0 Å². The van der Waals surface area contributed by atoms with Crippen LogP contribution in [0.3, 0.4) is 0 Å². The van der Waals surface area contributed by atoms with E-state index in [-0.39, 0.29) is 0 Å². The van der Waals surface area contributed by atoms with Crippen LogP contribution in [0.1, 0.15) is 122 Å². The van der Waals surface area contributed by atoms with Crippen LogP contribution >= 0.6 is 0 Å². The molecule has 1 heterocycles. The third-order valence-electron chi connectivity index (χ3n) is 5.55. The molecule has 150 valence electrons. The molecule has 0 radical (unpaired) electrons. The van der Waals surface area contributed by atoms with Crippen molar-refractivity contribution in [2.45, 2.75) is 130 Å². The minimum atomic E-state index is 1.16. The van der Waals surface area contributed by atoms with Crippen molar-refractivity contribution in [3.05, 3.63) is 30.1 Å². The van der Waals surface area contributed by atoms with Gasteiger partial charge in [-0.1, -0.05) is 104 Å². The number of pyridine rings is 1. The number of hydrogen-bond donors (Lipinski definition) is 0. The van der Waals surface area contributed by atoms with Crippen molar-refractivity contribution in [2.75, 3.05) is 0 Å². The zero-order valence-corrected chi connectivity index (χ0v) is 18.0. The van der Waals surface area contributed by atoms with Crippen LogP contribution in [0.15, 0.2) is 24.5 Å². The predicted octanol–water partition coefficient (Wildman–Crippen LogP) is 7.80. The van der Waals surface area contributed by atoms with E-state index >= 15 is 0 Å². The van der Waals surface area contributed by atoms with Crippen molar-refractivity contribution in [2.24, 2.45) is 0 Å². The molecular weight excluding hydrogens is 314 g/mol. The molecule has 1 aromatic rings. The molecule has 0 aliphatic rings. The van der Waals surface area contributed by atoms with E-state index in [0.29, 0.717) is 0 Å². The molecule has 0 amide bonds. The molecule has 1 nitrogen and oxygen atoms in total. The minimum Gasteiger partial charge on any atom is -0.205 e. The molecule has 0 N–H and O–H groups in total. The molecule has 0 saturated carbocycles. The van der Waals surface area contributed by atoms with Crippen LogP contribution in [0.4, 0.5) is 0 Å². The van der Waals surface area contributed by atoms with Crippen LogP contribution in [-0.4, -0.2) is 0 Å². The average Bonchev–Trinajstić information content (AvgIpc) is 2.67. The highest BCUT2D eigenvalue weighted by atomic mass is 14.9. The monoisotopic (exact) mass is 360 g/mol. The molecule has 26 heavy (non-hydrogen) atoms. The molecule has 0 aromatic carbocycles. The molecule has 1 aromatic heterocycles. The third-order valence-corrected chi connectivity index (χ3v) is 5.55. The average molecular weight is 361 g/mol. The first-order valence-corrected chi connectivity index (χ1v) is 11.8. The van der Waals surface area contributed by atoms with Crippen molar-refractivity contribution < 1.29 is 4.57 Å². The summed E-state index contributed by atoms with van der Waals surface area (Å²) in [6.45, 7) is 5.71. The second-order valence-electron chi connectivity index (χ2n) is 8.14. The Bertz CT molecular complexity index is 395. The van der Waals surface area contributed by atoms with Gasteiger partial charge in [-0.25, -0.2) is 4.57 Å². The first-order chi connectivity index (χ1) is 12.9. The van der Waals surface area contributed by atoms with Gasteiger partial charge in [-0.15, -0.1) is 0 Å². The van der Waals surface area contributed by atoms with Crippen molar-refractivity contribution in [1.82, 2.24) is 0 Å². The third kappa shape index (κ3) is 13.4. The molecule has 0 spiro atoms. The smallest absolute Gasteiger partial charge is 0.169 e. The lowest BCUT2D eigenvalue weighted by molar-refractivity contribution is -0.697. The Morgan fingerprint density at radius 2 is 0.962 bits per heavy atom. The fourth-order valence-electron chi connectivity index (χ4n) is 3.67. The molecule has 1 rings (SSSR count). The predicted molar refractivity (Wildman–Crippen MR) is 116 cm³/mol. The highest BCUT2D eigenvalue weighted by Crippen LogP contribution is 2.13. The summed E-state index contributed by atoms with van der Waals surface area (Å²) in [6, 6.07) is 4.63. The summed E-state index contributed by atoms with van der Waals surface area (Å²) in [5.74, 6) is 0. The van der Waals surface area contributed by atoms with E-state index in [4.69, 9.17) is 0 Å². The van der Waals surface area contributed by atoms with E-state index in [1.165, 1.54) is 115 Å². The summed E-state index contributed by atoms with van der Waals surface area (Å²) in [7, 11) is 0. The van der Waals surface area contributed by atoms with Crippen LogP contribution in [0.5, 0.6) is 0 Å². The van der Waals surface area contributed by atoms with E-state index in [1.807, 2.05) is 0 Å². The number of aryl methyl sites for hydroxylation is 2. The van der Waals surface area contributed by atoms with E-state index in [0.717, 1.165) is 6.54 Å². The Hall–Kier alpha value is -0.850. The summed E-state index contributed by atoms with van der Waals surface area (Å²) in [5.41, 5.74) is 1.51. The molecule has 0 aliphatic carbocycles. The highest BCUT2D eigenvalue weighted by Gasteiger charge is 2.00. The maximum absolute atomic E-state index is 2.32. The minimum absolute atomic E-state index is 1.16. The number of nitrogens with zero attached hydrogens (tertiary/aromatic N) is 1. The molecule has 0 bridgehead atoms. The van der Waals surface area contributed by atoms with E-state index in [1.54, 1.807) is 0 Å². The summed E-state index contributed by atoms with van der Waals surface area (Å²) in [5, 5.41) is 0. The van der Waals surface area contributed by atoms with Gasteiger partial charge in [0.1, 0.15) is 6.54 Å². The Labute approximate surface area is 164 Å². The van der Waals surface area contributed by atoms with Crippen LogP contribution in [0, 0.1) is 0 Å². The fraction of sp³-hybridized carbons (Fsp3) is 0.800. The van der Waals surface area contributed by atoms with Gasteiger partial charge in [-0.05, 0) is 18.4 Å². The fourth-order valence-corrected chi connectivity index (χ4v) is 3.67. The van der Waals surface area contributed by atoms with Gasteiger partial charge in [0.2, 0.25) is 0 Å². The molecule has 0 aliphatic heterocycles. The second-order valence-corrected chi connectivity index (χ2v) is 8.14. The molecule has 0 atom stereocenters. The van der Waals surface area contributed by atoms with Crippen molar-refractivity contribution in [3.63, 3.8) is 0 Å². The molecule has 0 fully saturated rings. The standard InChI is InChI=1S/C25H46N/c1-3-5-7-8-9-10-11-12-13-14-15-16-17-18-19-25-20-23-26(24-21-25)22-6-4-2/h20-21,23-24H,3-19,22H2,1-2H3/q+1. The van der Waals surface area contributed by atoms with Crippen LogP contribution in [0.25, 0.3) is 0 Å². The Morgan fingerprint density at radius 1 is 0.538 bits per heavy atom. The molecule has 1 heteroatoms. The van der Waals surface area contributed by atoms with Crippen LogP contribution in [-0.2, 0) is 13.0 Å². The van der Waals surface area contributed by atoms with Gasteiger partial charge in [0.25, 0.3) is 0 Å². The Morgan fingerprint density at radius 3 is 1.42 bits per heavy atom. The van der Waals surface area contributed by atoms with E-state index in [9.17, 15) is 0 Å². The molecule has 0 unspecified atom stereocenters. The Kier molecular flexibility index (Phi) is 15.7. The van der Waals surface area contributed by atoms with Gasteiger partial charge < -0.3 is 0 Å². The quantitative estimate of drug-likeness (QED) is 0.186. The largest absolute Gasteiger partial charge is 0.205 e. The number of unbranched alkanes of at least 4 members (excludes halogenated alkanes) is 14. The van der Waals surface area contributed by atoms with Gasteiger partial charge in [0.05, 0.1) is 0 Å². The first-order valence-electron chi connectivity index (χ1n) is 11.8. The zero-order chi connectivity index (χ0) is 18.7. The van der Waals surface area contributed by atoms with Crippen LogP contribution in [0.2, 0.25) is 0 Å². The molecule has 0 saturated heterocycles. The van der Waals surface area contributed by atoms with Gasteiger partial charge in [-0.2, -0.15) is 0 Å². The Balaban J connectivity index is 1.84. The molecular formula is C25H46N+. The number of hydrogen-bond acceptors (Lipinski definition) is 0. The van der Waals surface area contributed by atoms with Crippen molar-refractivity contribution >= 4 is 0 Å². The van der Waals surface area contributed by atoms with Crippen LogP contribution < -0.4 is 4.57 Å². The second kappa shape index (κ2) is 17.6. The number of aromatic nitrogens is 1. The van der Waals surface area contributed by atoms with Gasteiger partial charge in [0, 0.05) is 18.6 Å². The summed E-state index contributed by atoms with van der Waals surface area (Å²) in [6.07, 6.45) is 28.5. The topological polar surface area (TPSA) is 3.88 Å². The maximum atomic E-state index is 2.32. The first kappa shape index (κ1) is 23.2. The van der Waals surface area contributed by atoms with Gasteiger partial charge >= 0.3 is 0 Å². The normalized spacial score (nSPS) is 11.2. The van der Waals surface area contributed by atoms with Gasteiger partial charge in [0.15, 0.2) is 12.4 Å². The van der Waals surface area contributed by atoms with E-state index in [2.05, 4.69) is 42.9 Å². The summed E-state index contributed by atoms with van der Waals surface area (Å²) >= 11 is 0. The lowest BCUT2D eigenvalue weighted by Crippen LogP contribution is -2.32. The summed E-state index contributed by atoms with van der Waals surface area (Å²) < 4.78 is 2.32. The van der Waals surface area contributed by atoms with Gasteiger partial charge in [-0.3, -0.25) is 0 Å². The van der Waals surface area contributed by atoms with Crippen molar-refractivity contribution in [1.29, 1.82) is 0 Å². The lowest BCUT2D eigenvalue weighted by Gasteiger charge is -2.04. The SMILES string of the molecule is CCCCCCCCCCCCCCCCc1cc[n+](CCCC)cc1. The zero-order valence-electron chi connectivity index (χ0n) is 18.0. The highest BCUT2D eigenvalue weighted by molar-refractivity contribution is 5.07. The van der Waals surface area contributed by atoms with Crippen molar-refractivity contribution in [3.8, 4) is 0 Å². The lowest BCUT2D eigenvalue weighted by atomic mass is 10.0. The summed E-state index contributed by atoms with van der Waals surface area (Å²) in [4.78, 5) is 0.